The first kappa shape index (κ1) is 18.6. The average Bonchev–Trinajstić information content (AvgIpc) is 3.28. The standard InChI is InChI=1S/C22H16N6O3/c1-12-10-13(2)28-22(23-12)25-18(26-28)19(29)24-14-6-5-7-15(11-14)27-20(30)16-8-3-4-9-17(16)21(27)31/h3-11H,1-2H3,(H,24,29). The molecule has 0 saturated carbocycles. The van der Waals surface area contributed by atoms with Gasteiger partial charge in [0.05, 0.1) is 16.8 Å². The van der Waals surface area contributed by atoms with Crippen LogP contribution in [-0.4, -0.2) is 37.3 Å². The van der Waals surface area contributed by atoms with Gasteiger partial charge in [-0.2, -0.15) is 4.98 Å². The zero-order chi connectivity index (χ0) is 21.7. The number of nitrogens with one attached hydrogen (secondary N) is 1. The highest BCUT2D eigenvalue weighted by Crippen LogP contribution is 2.29. The van der Waals surface area contributed by atoms with E-state index in [1.54, 1.807) is 48.5 Å². The van der Waals surface area contributed by atoms with E-state index in [4.69, 9.17) is 0 Å². The number of rotatable bonds is 3. The third-order valence-corrected chi connectivity index (χ3v) is 4.98. The zero-order valence-electron chi connectivity index (χ0n) is 16.7. The highest BCUT2D eigenvalue weighted by Gasteiger charge is 2.36. The van der Waals surface area contributed by atoms with Crippen molar-refractivity contribution in [3.8, 4) is 0 Å². The second-order valence-corrected chi connectivity index (χ2v) is 7.18. The molecule has 0 saturated heterocycles. The van der Waals surface area contributed by atoms with Crippen LogP contribution in [0.2, 0.25) is 0 Å². The summed E-state index contributed by atoms with van der Waals surface area (Å²) in [5.74, 6) is -1.03. The average molecular weight is 412 g/mol. The van der Waals surface area contributed by atoms with Crippen LogP contribution in [0.15, 0.2) is 54.6 Å². The van der Waals surface area contributed by atoms with Crippen molar-refractivity contribution in [3.63, 3.8) is 0 Å². The maximum Gasteiger partial charge on any atom is 0.295 e. The molecule has 1 aliphatic heterocycles. The van der Waals surface area contributed by atoms with E-state index in [0.29, 0.717) is 28.3 Å². The van der Waals surface area contributed by atoms with Gasteiger partial charge in [-0.25, -0.2) is 14.4 Å². The number of hydrogen-bond donors (Lipinski definition) is 1. The second kappa shape index (κ2) is 6.84. The fraction of sp³-hybridized carbons (Fsp3) is 0.0909. The van der Waals surface area contributed by atoms with Gasteiger partial charge < -0.3 is 5.32 Å². The Balaban J connectivity index is 1.43. The summed E-state index contributed by atoms with van der Waals surface area (Å²) in [5, 5.41) is 6.93. The molecule has 0 radical (unpaired) electrons. The summed E-state index contributed by atoms with van der Waals surface area (Å²) in [6, 6.07) is 15.0. The Kier molecular flexibility index (Phi) is 4.11. The lowest BCUT2D eigenvalue weighted by Crippen LogP contribution is -2.29. The van der Waals surface area contributed by atoms with E-state index >= 15 is 0 Å². The van der Waals surface area contributed by atoms with Crippen molar-refractivity contribution < 1.29 is 14.4 Å². The molecule has 0 bridgehead atoms. The number of fused-ring (bicyclic) bond motifs is 2. The third-order valence-electron chi connectivity index (χ3n) is 4.98. The summed E-state index contributed by atoms with van der Waals surface area (Å²) in [4.78, 5) is 47.7. The first-order chi connectivity index (χ1) is 14.9. The van der Waals surface area contributed by atoms with Gasteiger partial charge in [-0.3, -0.25) is 14.4 Å². The number of benzene rings is 2. The van der Waals surface area contributed by atoms with Crippen LogP contribution >= 0.6 is 0 Å². The van der Waals surface area contributed by atoms with Gasteiger partial charge in [0.1, 0.15) is 0 Å². The van der Waals surface area contributed by atoms with E-state index in [9.17, 15) is 14.4 Å². The van der Waals surface area contributed by atoms with Crippen LogP contribution in [0.5, 0.6) is 0 Å². The molecule has 31 heavy (non-hydrogen) atoms. The number of hydrogen-bond acceptors (Lipinski definition) is 6. The van der Waals surface area contributed by atoms with Crippen molar-refractivity contribution in [1.29, 1.82) is 0 Å². The minimum atomic E-state index is -0.526. The van der Waals surface area contributed by atoms with E-state index in [1.807, 2.05) is 19.9 Å². The van der Waals surface area contributed by atoms with Crippen molar-refractivity contribution in [2.45, 2.75) is 13.8 Å². The lowest BCUT2D eigenvalue weighted by atomic mass is 10.1. The molecular weight excluding hydrogens is 396 g/mol. The minimum Gasteiger partial charge on any atom is -0.319 e. The van der Waals surface area contributed by atoms with Gasteiger partial charge in [-0.15, -0.1) is 5.10 Å². The van der Waals surface area contributed by atoms with Crippen molar-refractivity contribution in [3.05, 3.63) is 82.9 Å². The normalized spacial score (nSPS) is 13.0. The maximum atomic E-state index is 12.7. The summed E-state index contributed by atoms with van der Waals surface area (Å²) in [7, 11) is 0. The molecule has 0 fully saturated rings. The predicted octanol–water partition coefficient (Wildman–Crippen LogP) is 2.79. The van der Waals surface area contributed by atoms with Gasteiger partial charge in [0.2, 0.25) is 5.82 Å². The summed E-state index contributed by atoms with van der Waals surface area (Å²) >= 11 is 0. The van der Waals surface area contributed by atoms with Gasteiger partial charge >= 0.3 is 0 Å². The minimum absolute atomic E-state index is 0.0349. The monoisotopic (exact) mass is 412 g/mol. The van der Waals surface area contributed by atoms with Gasteiger partial charge in [0, 0.05) is 17.1 Å². The van der Waals surface area contributed by atoms with E-state index in [2.05, 4.69) is 20.4 Å². The van der Waals surface area contributed by atoms with Crippen molar-refractivity contribution in [2.75, 3.05) is 10.2 Å². The topological polar surface area (TPSA) is 110 Å². The molecule has 3 heterocycles. The van der Waals surface area contributed by atoms with E-state index < -0.39 is 17.7 Å². The Labute approximate surface area is 176 Å². The highest BCUT2D eigenvalue weighted by atomic mass is 16.2. The summed E-state index contributed by atoms with van der Waals surface area (Å²) in [5.41, 5.74) is 3.06. The Bertz CT molecular complexity index is 1370. The fourth-order valence-corrected chi connectivity index (χ4v) is 3.60. The number of nitrogens with zero attached hydrogens (tertiary/aromatic N) is 5. The Morgan fingerprint density at radius 2 is 1.61 bits per heavy atom. The van der Waals surface area contributed by atoms with Crippen LogP contribution < -0.4 is 10.2 Å². The number of aryl methyl sites for hydroxylation is 2. The molecule has 2 aromatic carbocycles. The number of carbonyl (C=O) groups is 3. The molecular formula is C22H16N6O3. The summed E-state index contributed by atoms with van der Waals surface area (Å²) in [6.07, 6.45) is 0. The Morgan fingerprint density at radius 1 is 0.903 bits per heavy atom. The molecule has 5 rings (SSSR count). The SMILES string of the molecule is Cc1cc(C)n2nc(C(=O)Nc3cccc(N4C(=O)c5ccccc5C4=O)c3)nc2n1. The third kappa shape index (κ3) is 3.03. The molecule has 2 aromatic heterocycles. The van der Waals surface area contributed by atoms with E-state index in [-0.39, 0.29) is 5.82 Å². The molecule has 0 unspecified atom stereocenters. The molecule has 0 spiro atoms. The van der Waals surface area contributed by atoms with Crippen molar-refractivity contribution in [2.24, 2.45) is 0 Å². The molecule has 1 aliphatic rings. The van der Waals surface area contributed by atoms with Crippen molar-refractivity contribution >= 4 is 34.9 Å². The number of aromatic nitrogens is 4. The molecule has 0 atom stereocenters. The largest absolute Gasteiger partial charge is 0.319 e. The number of imide groups is 1. The number of anilines is 2. The highest BCUT2D eigenvalue weighted by molar-refractivity contribution is 6.34. The zero-order valence-corrected chi connectivity index (χ0v) is 16.7. The predicted molar refractivity (Wildman–Crippen MR) is 112 cm³/mol. The van der Waals surface area contributed by atoms with E-state index in [0.717, 1.165) is 16.3 Å². The summed E-state index contributed by atoms with van der Waals surface area (Å²) < 4.78 is 1.50. The van der Waals surface area contributed by atoms with Crippen LogP contribution in [-0.2, 0) is 0 Å². The molecule has 152 valence electrons. The second-order valence-electron chi connectivity index (χ2n) is 7.18. The molecule has 9 nitrogen and oxygen atoms in total. The van der Waals surface area contributed by atoms with Crippen LogP contribution in [0.1, 0.15) is 42.7 Å². The smallest absolute Gasteiger partial charge is 0.295 e. The lowest BCUT2D eigenvalue weighted by molar-refractivity contribution is 0.0925. The number of carbonyl (C=O) groups excluding carboxylic acids is 3. The van der Waals surface area contributed by atoms with Crippen molar-refractivity contribution in [1.82, 2.24) is 19.6 Å². The van der Waals surface area contributed by atoms with E-state index in [1.165, 1.54) is 4.52 Å². The maximum absolute atomic E-state index is 12.7. The molecule has 9 heteroatoms. The van der Waals surface area contributed by atoms with Crippen LogP contribution in [0.25, 0.3) is 5.78 Å². The molecule has 4 aromatic rings. The van der Waals surface area contributed by atoms with Gasteiger partial charge in [-0.05, 0) is 50.2 Å². The molecule has 1 N–H and O–H groups in total. The first-order valence-electron chi connectivity index (χ1n) is 9.52. The van der Waals surface area contributed by atoms with Crippen LogP contribution in [0, 0.1) is 13.8 Å². The van der Waals surface area contributed by atoms with Gasteiger partial charge in [0.15, 0.2) is 0 Å². The quantitative estimate of drug-likeness (QED) is 0.518. The summed E-state index contributed by atoms with van der Waals surface area (Å²) in [6.45, 7) is 3.69. The van der Waals surface area contributed by atoms with Gasteiger partial charge in [-0.1, -0.05) is 18.2 Å². The fourth-order valence-electron chi connectivity index (χ4n) is 3.60. The lowest BCUT2D eigenvalue weighted by Gasteiger charge is -2.15. The Morgan fingerprint density at radius 3 is 2.32 bits per heavy atom. The number of amides is 3. The molecule has 0 aliphatic carbocycles. The van der Waals surface area contributed by atoms with Crippen LogP contribution in [0.4, 0.5) is 11.4 Å². The first-order valence-corrected chi connectivity index (χ1v) is 9.52. The van der Waals surface area contributed by atoms with Crippen LogP contribution in [0.3, 0.4) is 0 Å². The molecule has 3 amide bonds. The van der Waals surface area contributed by atoms with Gasteiger partial charge in [0.25, 0.3) is 23.5 Å². The Hall–Kier alpha value is -4.40.